The van der Waals surface area contributed by atoms with E-state index in [9.17, 15) is 40.0 Å². The van der Waals surface area contributed by atoms with E-state index in [4.69, 9.17) is 5.73 Å². The van der Waals surface area contributed by atoms with Gasteiger partial charge in [-0.05, 0) is 61.7 Å². The minimum absolute atomic E-state index is 0.0314. The zero-order valence-electron chi connectivity index (χ0n) is 22.1. The molecule has 12 nitrogen and oxygen atoms in total. The maximum Gasteiger partial charge on any atom is 0.255 e. The summed E-state index contributed by atoms with van der Waals surface area (Å²) in [4.78, 5) is 40.6. The van der Waals surface area contributed by atoms with Crippen LogP contribution in [0.25, 0.3) is 5.76 Å². The summed E-state index contributed by atoms with van der Waals surface area (Å²) in [5.41, 5.74) is 4.09. The number of rotatable bonds is 6. The van der Waals surface area contributed by atoms with Gasteiger partial charge in [-0.1, -0.05) is 12.1 Å². The lowest BCUT2D eigenvalue weighted by Crippen LogP contribution is -2.65. The van der Waals surface area contributed by atoms with Gasteiger partial charge in [0.05, 0.1) is 18.2 Å². The molecule has 0 aromatic heterocycles. The molecule has 0 spiro atoms. The summed E-state index contributed by atoms with van der Waals surface area (Å²) in [6.45, 7) is 1.25. The number of hydrogen-bond donors (Lipinski definition) is 7. The number of benzene rings is 1. The predicted octanol–water partition coefficient (Wildman–Crippen LogP) is 0.199. The molecule has 1 amide bonds. The molecule has 1 fully saturated rings. The van der Waals surface area contributed by atoms with Gasteiger partial charge in [-0.2, -0.15) is 0 Å². The van der Waals surface area contributed by atoms with E-state index in [2.05, 4.69) is 5.32 Å². The number of fused-ring (bicyclic) bond motifs is 3. The van der Waals surface area contributed by atoms with E-state index in [1.54, 1.807) is 32.4 Å². The molecule has 8 N–H and O–H groups in total. The monoisotopic (exact) mass is 552 g/mol. The molecule has 4 atom stereocenters. The molecule has 4 aliphatic rings. The number of nitrogens with zero attached hydrogens (tertiary/aromatic N) is 2. The number of carbonyl (C=O) groups excluding carboxylic acids is 3. The normalized spacial score (nSPS) is 28.0. The van der Waals surface area contributed by atoms with Gasteiger partial charge in [-0.3, -0.25) is 29.6 Å². The minimum Gasteiger partial charge on any atom is -0.508 e. The van der Waals surface area contributed by atoms with E-state index in [1.165, 1.54) is 11.0 Å². The Hall–Kier alpha value is -3.97. The van der Waals surface area contributed by atoms with Crippen LogP contribution in [-0.2, 0) is 27.3 Å². The highest BCUT2D eigenvalue weighted by atomic mass is 16.5. The first-order valence-corrected chi connectivity index (χ1v) is 12.9. The van der Waals surface area contributed by atoms with Crippen LogP contribution < -0.4 is 11.1 Å². The molecule has 1 aromatic carbocycles. The van der Waals surface area contributed by atoms with Crippen LogP contribution in [0, 0.1) is 11.8 Å². The van der Waals surface area contributed by atoms with Crippen molar-refractivity contribution in [2.75, 3.05) is 27.2 Å². The number of hydroxylamine groups is 2. The van der Waals surface area contributed by atoms with Crippen molar-refractivity contribution in [2.45, 2.75) is 31.0 Å². The smallest absolute Gasteiger partial charge is 0.255 e. The Kier molecular flexibility index (Phi) is 6.83. The highest BCUT2D eigenvalue weighted by molar-refractivity contribution is 6.24. The third kappa shape index (κ3) is 4.11. The van der Waals surface area contributed by atoms with Gasteiger partial charge in [-0.15, -0.1) is 0 Å². The van der Waals surface area contributed by atoms with Crippen molar-refractivity contribution in [1.82, 2.24) is 15.3 Å². The van der Waals surface area contributed by atoms with Gasteiger partial charge in [-0.25, -0.2) is 0 Å². The van der Waals surface area contributed by atoms with Crippen LogP contribution in [0.5, 0.6) is 5.75 Å². The molecular formula is C28H32N4O8. The topological polar surface area (TPSA) is 197 Å². The average molecular weight is 553 g/mol. The molecule has 0 radical (unpaired) electrons. The first-order valence-electron chi connectivity index (χ1n) is 12.9. The van der Waals surface area contributed by atoms with E-state index in [-0.39, 0.29) is 29.7 Å². The minimum atomic E-state index is -2.66. The van der Waals surface area contributed by atoms with Crippen molar-refractivity contribution in [1.29, 1.82) is 0 Å². The number of aliphatic hydroxyl groups excluding tert-OH is 2. The second-order valence-corrected chi connectivity index (χ2v) is 10.9. The standard InChI is InChI=1S/C28H32N4O8/c1-31(2)22-17-10-15-9-16-14(12-30-11-13-5-7-32(40)8-6-13)3-4-18(33)20(16)23(34)19(15)25(36)28(17,39)26(37)21(24(22)35)27(29)38/h3-7,15,17,22,30,33-34,37,39-40H,8-12H2,1-2H3,(H2,29,38)/t15-,17-,22-,28-/m0/s1. The number of aromatic hydroxyl groups is 1. The predicted molar refractivity (Wildman–Crippen MR) is 142 cm³/mol. The summed E-state index contributed by atoms with van der Waals surface area (Å²) in [6.07, 6.45) is 5.46. The van der Waals surface area contributed by atoms with Crippen LogP contribution in [0.15, 0.2) is 53.0 Å². The number of hydrogen-bond acceptors (Lipinski definition) is 11. The van der Waals surface area contributed by atoms with Crippen LogP contribution >= 0.6 is 0 Å². The van der Waals surface area contributed by atoms with E-state index >= 15 is 0 Å². The SMILES string of the molecule is CN(C)[C@@H]1C(=O)C(C(N)=O)=C(O)[C@@]2(O)C(=O)C3=C(O)c4c(O)ccc(CNCC5=CCN(O)C=C5)c4C[C@H]3C[C@@H]12. The molecule has 0 unspecified atom stereocenters. The summed E-state index contributed by atoms with van der Waals surface area (Å²) in [6, 6.07) is 2.00. The fourth-order valence-corrected chi connectivity index (χ4v) is 6.47. The van der Waals surface area contributed by atoms with Crippen molar-refractivity contribution in [3.63, 3.8) is 0 Å². The molecule has 40 heavy (non-hydrogen) atoms. The van der Waals surface area contributed by atoms with Gasteiger partial charge in [0, 0.05) is 30.8 Å². The van der Waals surface area contributed by atoms with Crippen LogP contribution in [0.2, 0.25) is 0 Å². The Morgan fingerprint density at radius 2 is 1.93 bits per heavy atom. The Balaban J connectivity index is 1.54. The fourth-order valence-electron chi connectivity index (χ4n) is 6.47. The Morgan fingerprint density at radius 3 is 2.55 bits per heavy atom. The molecule has 1 aromatic rings. The third-order valence-corrected chi connectivity index (χ3v) is 8.35. The van der Waals surface area contributed by atoms with Crippen LogP contribution in [0.1, 0.15) is 23.1 Å². The lowest BCUT2D eigenvalue weighted by atomic mass is 9.57. The van der Waals surface area contributed by atoms with Crippen LogP contribution in [0.3, 0.4) is 0 Å². The van der Waals surface area contributed by atoms with Crippen molar-refractivity contribution >= 4 is 23.2 Å². The van der Waals surface area contributed by atoms with Gasteiger partial charge >= 0.3 is 0 Å². The molecular weight excluding hydrogens is 520 g/mol. The van der Waals surface area contributed by atoms with Gasteiger partial charge < -0.3 is 31.5 Å². The first-order chi connectivity index (χ1) is 18.9. The quantitative estimate of drug-likeness (QED) is 0.238. The number of Topliss-reactive ketones (excluding diaryl/α,β-unsaturated/α-hetero) is 2. The Labute approximate surface area is 229 Å². The number of phenols is 1. The van der Waals surface area contributed by atoms with Gasteiger partial charge in [0.1, 0.15) is 22.8 Å². The number of primary amides is 1. The van der Waals surface area contributed by atoms with Crippen molar-refractivity contribution in [3.8, 4) is 5.75 Å². The number of nitrogens with two attached hydrogens (primary N) is 1. The van der Waals surface area contributed by atoms with Gasteiger partial charge in [0.2, 0.25) is 5.78 Å². The molecule has 1 heterocycles. The summed E-state index contributed by atoms with van der Waals surface area (Å²) < 4.78 is 0. The molecule has 0 bridgehead atoms. The largest absolute Gasteiger partial charge is 0.508 e. The summed E-state index contributed by atoms with van der Waals surface area (Å²) in [5, 5.41) is 58.4. The molecule has 3 aliphatic carbocycles. The maximum atomic E-state index is 13.9. The molecule has 1 saturated carbocycles. The molecule has 0 saturated heterocycles. The molecule has 5 rings (SSSR count). The summed E-state index contributed by atoms with van der Waals surface area (Å²) in [7, 11) is 3.12. The number of aliphatic hydroxyl groups is 3. The zero-order chi connectivity index (χ0) is 29.1. The maximum absolute atomic E-state index is 13.9. The van der Waals surface area contributed by atoms with Gasteiger partial charge in [0.25, 0.3) is 5.91 Å². The zero-order valence-corrected chi connectivity index (χ0v) is 22.1. The van der Waals surface area contributed by atoms with Crippen LogP contribution in [0.4, 0.5) is 0 Å². The van der Waals surface area contributed by atoms with E-state index in [1.807, 2.05) is 6.08 Å². The average Bonchev–Trinajstić information content (AvgIpc) is 2.88. The second kappa shape index (κ2) is 9.89. The Bertz CT molecular complexity index is 1440. The number of carbonyl (C=O) groups is 3. The summed E-state index contributed by atoms with van der Waals surface area (Å²) >= 11 is 0. The van der Waals surface area contributed by atoms with E-state index in [0.29, 0.717) is 25.2 Å². The number of likely N-dealkylation sites (N-methyl/N-ethyl adjacent to an activating group) is 1. The van der Waals surface area contributed by atoms with Crippen LogP contribution in [-0.4, -0.2) is 91.9 Å². The first kappa shape index (κ1) is 27.6. The highest BCUT2D eigenvalue weighted by Crippen LogP contribution is 2.52. The lowest BCUT2D eigenvalue weighted by Gasteiger charge is -2.50. The molecule has 1 aliphatic heterocycles. The molecule has 12 heteroatoms. The van der Waals surface area contributed by atoms with Crippen molar-refractivity contribution < 1.29 is 40.0 Å². The number of nitrogens with one attached hydrogen (secondary N) is 1. The van der Waals surface area contributed by atoms with Crippen molar-refractivity contribution in [2.24, 2.45) is 17.6 Å². The number of ketones is 2. The Morgan fingerprint density at radius 1 is 1.20 bits per heavy atom. The van der Waals surface area contributed by atoms with Crippen molar-refractivity contribution in [3.05, 3.63) is 69.7 Å². The third-order valence-electron chi connectivity index (χ3n) is 8.35. The van der Waals surface area contributed by atoms with E-state index < -0.39 is 58.0 Å². The van der Waals surface area contributed by atoms with E-state index in [0.717, 1.165) is 16.2 Å². The number of amides is 1. The number of phenolic OH excluding ortho intramolecular Hbond substituents is 1. The molecule has 212 valence electrons. The fraction of sp³-hybridized carbons (Fsp3) is 0.393. The van der Waals surface area contributed by atoms with Gasteiger partial charge in [0.15, 0.2) is 11.4 Å². The highest BCUT2D eigenvalue weighted by Gasteiger charge is 2.64. The second-order valence-electron chi connectivity index (χ2n) is 10.9. The summed E-state index contributed by atoms with van der Waals surface area (Å²) in [5.74, 6) is -6.74. The lowest BCUT2D eigenvalue weighted by molar-refractivity contribution is -0.153.